The molecule has 0 aliphatic carbocycles. The van der Waals surface area contributed by atoms with Crippen molar-refractivity contribution in [3.05, 3.63) is 0 Å². The van der Waals surface area contributed by atoms with Gasteiger partial charge < -0.3 is 49.7 Å². The molecular weight excluding hydrogens is 510 g/mol. The average Bonchev–Trinajstić information content (AvgIpc) is 2.80. The first kappa shape index (κ1) is 33.4. The number of aliphatic imine (C=N–C) groups is 1. The lowest BCUT2D eigenvalue weighted by atomic mass is 10.1. The Morgan fingerprint density at radius 3 is 1.89 bits per heavy atom. The second-order valence-electron chi connectivity index (χ2n) is 8.03. The summed E-state index contributed by atoms with van der Waals surface area (Å²) in [5.41, 5.74) is 26.6. The summed E-state index contributed by atoms with van der Waals surface area (Å²) < 4.78 is 0. The summed E-state index contributed by atoms with van der Waals surface area (Å²) in [6.45, 7) is 0.115. The van der Waals surface area contributed by atoms with Gasteiger partial charge in [0.1, 0.15) is 18.1 Å². The van der Waals surface area contributed by atoms with Crippen LogP contribution in [-0.4, -0.2) is 89.3 Å². The van der Waals surface area contributed by atoms with Crippen molar-refractivity contribution in [3.63, 3.8) is 0 Å². The predicted octanol–water partition coefficient (Wildman–Crippen LogP) is -4.20. The van der Waals surface area contributed by atoms with Crippen molar-refractivity contribution in [2.45, 2.75) is 62.7 Å². The van der Waals surface area contributed by atoms with Crippen molar-refractivity contribution < 1.29 is 33.9 Å². The highest BCUT2D eigenvalue weighted by Crippen LogP contribution is 2.05. The van der Waals surface area contributed by atoms with Gasteiger partial charge in [0.2, 0.25) is 29.5 Å². The molecule has 0 bridgehead atoms. The summed E-state index contributed by atoms with van der Waals surface area (Å²) in [5, 5.41) is 16.3. The standard InChI is InChI=1S/C20H37N9O7S/c1-37-8-6-10(21)16(32)27-11(4-5-14(22)30)17(33)29-13(9-15(23)31)18(34)28-12(19(35)36)3-2-7-26-20(24)25/h10-13H,2-9,21H2,1H3,(H2,22,30)(H2,23,31)(H,27,32)(H,28,34)(H,29,33)(H,35,36)(H4,24,25,26). The zero-order chi connectivity index (χ0) is 28.5. The quantitative estimate of drug-likeness (QED) is 0.0424. The molecule has 0 aromatic carbocycles. The summed E-state index contributed by atoms with van der Waals surface area (Å²) in [5.74, 6) is -5.25. The number of guanidine groups is 1. The first-order valence-corrected chi connectivity index (χ1v) is 12.7. The number of hydrogen-bond donors (Lipinski definition) is 9. The Bertz CT molecular complexity index is 852. The van der Waals surface area contributed by atoms with Crippen molar-refractivity contribution in [2.75, 3.05) is 18.6 Å². The number of carboxylic acids is 1. The molecule has 0 heterocycles. The number of carbonyl (C=O) groups is 6. The van der Waals surface area contributed by atoms with E-state index in [4.69, 9.17) is 28.7 Å². The van der Waals surface area contributed by atoms with Gasteiger partial charge in [0.25, 0.3) is 0 Å². The zero-order valence-corrected chi connectivity index (χ0v) is 21.4. The molecule has 0 rings (SSSR count). The number of nitrogens with zero attached hydrogens (tertiary/aromatic N) is 1. The van der Waals surface area contributed by atoms with E-state index in [1.54, 1.807) is 0 Å². The third-order valence-corrected chi connectivity index (χ3v) is 5.52. The first-order valence-electron chi connectivity index (χ1n) is 11.3. The fraction of sp³-hybridized carbons (Fsp3) is 0.650. The fourth-order valence-corrected chi connectivity index (χ4v) is 3.42. The molecule has 0 aliphatic heterocycles. The Morgan fingerprint density at radius 1 is 0.811 bits per heavy atom. The second kappa shape index (κ2) is 17.8. The molecule has 210 valence electrons. The minimum atomic E-state index is -1.57. The molecule has 0 saturated carbocycles. The Balaban J connectivity index is 5.51. The molecule has 0 fully saturated rings. The highest BCUT2D eigenvalue weighted by Gasteiger charge is 2.31. The zero-order valence-electron chi connectivity index (χ0n) is 20.6. The molecule has 4 unspecified atom stereocenters. The Kier molecular flexibility index (Phi) is 16.0. The van der Waals surface area contributed by atoms with Crippen molar-refractivity contribution in [2.24, 2.45) is 33.7 Å². The number of rotatable bonds is 19. The SMILES string of the molecule is CSCCC(N)C(=O)NC(CCC(N)=O)C(=O)NC(CC(N)=O)C(=O)NC(CCCN=C(N)N)C(=O)O. The van der Waals surface area contributed by atoms with E-state index in [0.29, 0.717) is 12.2 Å². The van der Waals surface area contributed by atoms with E-state index in [2.05, 4.69) is 20.9 Å². The number of nitrogens with one attached hydrogen (secondary N) is 3. The van der Waals surface area contributed by atoms with Crippen LogP contribution in [0.4, 0.5) is 0 Å². The van der Waals surface area contributed by atoms with Crippen LogP contribution in [0.3, 0.4) is 0 Å². The molecule has 0 aromatic heterocycles. The van der Waals surface area contributed by atoms with Crippen LogP contribution in [-0.2, 0) is 28.8 Å². The van der Waals surface area contributed by atoms with Crippen LogP contribution in [0.25, 0.3) is 0 Å². The van der Waals surface area contributed by atoms with Gasteiger partial charge >= 0.3 is 5.97 Å². The molecule has 17 heteroatoms. The first-order chi connectivity index (χ1) is 17.3. The van der Waals surface area contributed by atoms with Gasteiger partial charge in [-0.25, -0.2) is 4.79 Å². The number of primary amides is 2. The lowest BCUT2D eigenvalue weighted by Gasteiger charge is -2.24. The summed E-state index contributed by atoms with van der Waals surface area (Å²) in [6.07, 6.45) is 1.15. The van der Waals surface area contributed by atoms with E-state index < -0.39 is 66.1 Å². The van der Waals surface area contributed by atoms with Gasteiger partial charge in [0.05, 0.1) is 12.5 Å². The van der Waals surface area contributed by atoms with Crippen LogP contribution in [0.5, 0.6) is 0 Å². The summed E-state index contributed by atoms with van der Waals surface area (Å²) in [4.78, 5) is 76.1. The number of hydrogen-bond acceptors (Lipinski definition) is 9. The molecule has 4 atom stereocenters. The van der Waals surface area contributed by atoms with Crippen molar-refractivity contribution >= 4 is 53.2 Å². The Labute approximate surface area is 218 Å². The van der Waals surface area contributed by atoms with E-state index in [1.165, 1.54) is 11.8 Å². The minimum Gasteiger partial charge on any atom is -0.480 e. The van der Waals surface area contributed by atoms with Crippen LogP contribution in [0, 0.1) is 0 Å². The maximum absolute atomic E-state index is 12.9. The van der Waals surface area contributed by atoms with Crippen LogP contribution in [0.2, 0.25) is 0 Å². The number of nitrogens with two attached hydrogens (primary N) is 5. The average molecular weight is 548 g/mol. The molecule has 37 heavy (non-hydrogen) atoms. The maximum Gasteiger partial charge on any atom is 0.326 e. The molecule has 0 spiro atoms. The van der Waals surface area contributed by atoms with Crippen LogP contribution < -0.4 is 44.6 Å². The summed E-state index contributed by atoms with van der Waals surface area (Å²) in [6, 6.07) is -5.20. The molecule has 0 aromatic rings. The normalized spacial score (nSPS) is 13.8. The number of amides is 5. The largest absolute Gasteiger partial charge is 0.480 e. The van der Waals surface area contributed by atoms with Crippen LogP contribution >= 0.6 is 11.8 Å². The van der Waals surface area contributed by atoms with E-state index in [9.17, 15) is 33.9 Å². The van der Waals surface area contributed by atoms with Gasteiger partial charge in [0.15, 0.2) is 5.96 Å². The Morgan fingerprint density at radius 2 is 1.38 bits per heavy atom. The maximum atomic E-state index is 12.9. The summed E-state index contributed by atoms with van der Waals surface area (Å²) >= 11 is 1.47. The van der Waals surface area contributed by atoms with E-state index in [-0.39, 0.29) is 38.2 Å². The highest BCUT2D eigenvalue weighted by molar-refractivity contribution is 7.98. The Hall–Kier alpha value is -3.60. The molecule has 5 amide bonds. The number of carbonyl (C=O) groups excluding carboxylic acids is 5. The molecular formula is C20H37N9O7S. The number of thioether (sulfide) groups is 1. The lowest BCUT2D eigenvalue weighted by molar-refractivity contribution is -0.142. The van der Waals surface area contributed by atoms with Crippen molar-refractivity contribution in [1.29, 1.82) is 0 Å². The third-order valence-electron chi connectivity index (χ3n) is 4.88. The summed E-state index contributed by atoms with van der Waals surface area (Å²) in [7, 11) is 0. The van der Waals surface area contributed by atoms with Gasteiger partial charge in [-0.1, -0.05) is 0 Å². The highest BCUT2D eigenvalue weighted by atomic mass is 32.2. The topological polar surface area (TPSA) is 301 Å². The monoisotopic (exact) mass is 547 g/mol. The number of aliphatic carboxylic acids is 1. The van der Waals surface area contributed by atoms with Gasteiger partial charge in [-0.05, 0) is 37.7 Å². The molecule has 14 N–H and O–H groups in total. The van der Waals surface area contributed by atoms with Gasteiger partial charge in [-0.3, -0.25) is 29.0 Å². The second-order valence-corrected chi connectivity index (χ2v) is 9.02. The lowest BCUT2D eigenvalue weighted by Crippen LogP contribution is -2.57. The third kappa shape index (κ3) is 15.2. The van der Waals surface area contributed by atoms with Gasteiger partial charge in [-0.2, -0.15) is 11.8 Å². The van der Waals surface area contributed by atoms with E-state index in [0.717, 1.165) is 0 Å². The number of carboxylic acid groups (broad SMARTS) is 1. The fourth-order valence-electron chi connectivity index (χ4n) is 2.93. The minimum absolute atomic E-state index is 0.0552. The van der Waals surface area contributed by atoms with Crippen molar-refractivity contribution in [3.8, 4) is 0 Å². The van der Waals surface area contributed by atoms with E-state index >= 15 is 0 Å². The predicted molar refractivity (Wildman–Crippen MR) is 137 cm³/mol. The molecule has 0 saturated heterocycles. The molecule has 0 aliphatic rings. The molecule has 16 nitrogen and oxygen atoms in total. The molecule has 0 radical (unpaired) electrons. The van der Waals surface area contributed by atoms with Gasteiger partial charge in [-0.15, -0.1) is 0 Å². The van der Waals surface area contributed by atoms with Crippen LogP contribution in [0.15, 0.2) is 4.99 Å². The van der Waals surface area contributed by atoms with E-state index in [1.807, 2.05) is 6.26 Å². The van der Waals surface area contributed by atoms with Crippen molar-refractivity contribution in [1.82, 2.24) is 16.0 Å². The smallest absolute Gasteiger partial charge is 0.326 e. The van der Waals surface area contributed by atoms with Crippen LogP contribution in [0.1, 0.15) is 38.5 Å². The van der Waals surface area contributed by atoms with Gasteiger partial charge in [0, 0.05) is 13.0 Å².